The van der Waals surface area contributed by atoms with Crippen LogP contribution in [0, 0.1) is 25.5 Å². The lowest BCUT2D eigenvalue weighted by Gasteiger charge is -2.10. The molecule has 2 N–H and O–H groups in total. The Morgan fingerprint density at radius 2 is 1.92 bits per heavy atom. The molecule has 0 bridgehead atoms. The molecule has 2 aromatic heterocycles. The third-order valence-corrected chi connectivity index (χ3v) is 4.30. The van der Waals surface area contributed by atoms with Crippen LogP contribution in [0.15, 0.2) is 42.7 Å². The number of halogens is 2. The van der Waals surface area contributed by atoms with E-state index >= 15 is 0 Å². The molecule has 6 heteroatoms. The maximum absolute atomic E-state index is 13.5. The van der Waals surface area contributed by atoms with E-state index < -0.39 is 17.5 Å². The molecule has 0 saturated heterocycles. The van der Waals surface area contributed by atoms with Gasteiger partial charge in [-0.25, -0.2) is 8.78 Å². The summed E-state index contributed by atoms with van der Waals surface area (Å²) in [5, 5.41) is 0. The van der Waals surface area contributed by atoms with Gasteiger partial charge in [0, 0.05) is 41.5 Å². The van der Waals surface area contributed by atoms with E-state index in [1.807, 2.05) is 17.6 Å². The molecule has 0 radical (unpaired) electrons. The van der Waals surface area contributed by atoms with Crippen molar-refractivity contribution in [3.8, 4) is 11.1 Å². The van der Waals surface area contributed by atoms with Crippen LogP contribution in [0.1, 0.15) is 27.3 Å². The van der Waals surface area contributed by atoms with Crippen molar-refractivity contribution in [1.82, 2.24) is 9.55 Å². The molecule has 0 unspecified atom stereocenters. The summed E-state index contributed by atoms with van der Waals surface area (Å²) >= 11 is 0. The van der Waals surface area contributed by atoms with Gasteiger partial charge in [-0.05, 0) is 37.6 Å². The zero-order valence-electron chi connectivity index (χ0n) is 13.9. The lowest BCUT2D eigenvalue weighted by Crippen LogP contribution is -2.13. The molecule has 1 aromatic carbocycles. The minimum Gasteiger partial charge on any atom is -0.366 e. The molecular weight excluding hydrogens is 324 g/mol. The zero-order chi connectivity index (χ0) is 18.1. The predicted octanol–water partition coefficient (Wildman–Crippen LogP) is 3.59. The summed E-state index contributed by atoms with van der Waals surface area (Å²) in [6.07, 6.45) is 3.31. The van der Waals surface area contributed by atoms with Crippen molar-refractivity contribution in [2.75, 3.05) is 0 Å². The summed E-state index contributed by atoms with van der Waals surface area (Å²) in [6.45, 7) is 3.95. The molecule has 25 heavy (non-hydrogen) atoms. The Kier molecular flexibility index (Phi) is 4.35. The Hall–Kier alpha value is -3.02. The van der Waals surface area contributed by atoms with Crippen molar-refractivity contribution < 1.29 is 13.6 Å². The Morgan fingerprint density at radius 3 is 2.52 bits per heavy atom. The number of benzene rings is 1. The fourth-order valence-electron chi connectivity index (χ4n) is 3.11. The van der Waals surface area contributed by atoms with E-state index in [4.69, 9.17) is 5.73 Å². The van der Waals surface area contributed by atoms with Crippen LogP contribution >= 0.6 is 0 Å². The van der Waals surface area contributed by atoms with Crippen molar-refractivity contribution in [3.63, 3.8) is 0 Å². The van der Waals surface area contributed by atoms with Gasteiger partial charge in [-0.15, -0.1) is 0 Å². The standard InChI is InChI=1S/C19H17F2N3O/c1-11-17(14-4-3-7-23-9-14)18(19(22)25)12(2)24(11)10-13-5-6-15(20)16(21)8-13/h3-9H,10H2,1-2H3,(H2,22,25). The van der Waals surface area contributed by atoms with Crippen molar-refractivity contribution in [1.29, 1.82) is 0 Å². The van der Waals surface area contributed by atoms with Crippen molar-refractivity contribution in [2.24, 2.45) is 5.73 Å². The van der Waals surface area contributed by atoms with Crippen LogP contribution in [0.25, 0.3) is 11.1 Å². The highest BCUT2D eigenvalue weighted by Gasteiger charge is 2.22. The fourth-order valence-corrected chi connectivity index (χ4v) is 3.11. The molecule has 0 aliphatic rings. The first-order valence-corrected chi connectivity index (χ1v) is 7.74. The van der Waals surface area contributed by atoms with Gasteiger partial charge in [0.25, 0.3) is 5.91 Å². The van der Waals surface area contributed by atoms with E-state index in [0.717, 1.165) is 23.4 Å². The third-order valence-electron chi connectivity index (χ3n) is 4.30. The lowest BCUT2D eigenvalue weighted by molar-refractivity contribution is 0.1000. The molecule has 3 aromatic rings. The summed E-state index contributed by atoms with van der Waals surface area (Å²) in [6, 6.07) is 7.40. The second-order valence-electron chi connectivity index (χ2n) is 5.86. The molecule has 4 nitrogen and oxygen atoms in total. The van der Waals surface area contributed by atoms with Gasteiger partial charge in [0.05, 0.1) is 5.56 Å². The van der Waals surface area contributed by atoms with Crippen LogP contribution < -0.4 is 5.73 Å². The topological polar surface area (TPSA) is 60.9 Å². The van der Waals surface area contributed by atoms with Crippen LogP contribution in [0.3, 0.4) is 0 Å². The minimum atomic E-state index is -0.900. The minimum absolute atomic E-state index is 0.301. The van der Waals surface area contributed by atoms with Crippen LogP contribution in [0.2, 0.25) is 0 Å². The highest BCUT2D eigenvalue weighted by atomic mass is 19.2. The molecule has 0 aliphatic heterocycles. The average Bonchev–Trinajstić information content (AvgIpc) is 2.83. The number of amides is 1. The normalized spacial score (nSPS) is 10.9. The monoisotopic (exact) mass is 341 g/mol. The molecular formula is C19H17F2N3O. The highest BCUT2D eigenvalue weighted by Crippen LogP contribution is 2.32. The maximum atomic E-state index is 13.5. The van der Waals surface area contributed by atoms with Gasteiger partial charge in [0.1, 0.15) is 0 Å². The van der Waals surface area contributed by atoms with Crippen LogP contribution in [-0.4, -0.2) is 15.5 Å². The first-order valence-electron chi connectivity index (χ1n) is 7.74. The molecule has 2 heterocycles. The van der Waals surface area contributed by atoms with Crippen LogP contribution in [0.5, 0.6) is 0 Å². The van der Waals surface area contributed by atoms with Gasteiger partial charge >= 0.3 is 0 Å². The summed E-state index contributed by atoms with van der Waals surface area (Å²) < 4.78 is 28.5. The van der Waals surface area contributed by atoms with E-state index in [0.29, 0.717) is 28.9 Å². The number of pyridine rings is 1. The SMILES string of the molecule is Cc1c(C(N)=O)c(-c2cccnc2)c(C)n1Cc1ccc(F)c(F)c1. The Labute approximate surface area is 143 Å². The van der Waals surface area contributed by atoms with E-state index in [1.54, 1.807) is 25.4 Å². The van der Waals surface area contributed by atoms with Crippen LogP contribution in [0.4, 0.5) is 8.78 Å². The summed E-state index contributed by atoms with van der Waals surface area (Å²) in [7, 11) is 0. The average molecular weight is 341 g/mol. The number of carbonyl (C=O) groups is 1. The van der Waals surface area contributed by atoms with Gasteiger partial charge in [0.15, 0.2) is 11.6 Å². The molecule has 0 aliphatic carbocycles. The number of nitrogens with zero attached hydrogens (tertiary/aromatic N) is 2. The second-order valence-corrected chi connectivity index (χ2v) is 5.86. The number of hydrogen-bond donors (Lipinski definition) is 1. The number of hydrogen-bond acceptors (Lipinski definition) is 2. The van der Waals surface area contributed by atoms with Gasteiger partial charge < -0.3 is 10.3 Å². The maximum Gasteiger partial charge on any atom is 0.251 e. The van der Waals surface area contributed by atoms with E-state index in [9.17, 15) is 13.6 Å². The smallest absolute Gasteiger partial charge is 0.251 e. The van der Waals surface area contributed by atoms with Crippen LogP contribution in [-0.2, 0) is 6.54 Å². The number of nitrogens with two attached hydrogens (primary N) is 1. The van der Waals surface area contributed by atoms with Crippen molar-refractivity contribution in [2.45, 2.75) is 20.4 Å². The van der Waals surface area contributed by atoms with Crippen molar-refractivity contribution >= 4 is 5.91 Å². The van der Waals surface area contributed by atoms with Gasteiger partial charge in [-0.3, -0.25) is 9.78 Å². The summed E-state index contributed by atoms with van der Waals surface area (Å²) in [4.78, 5) is 16.1. The van der Waals surface area contributed by atoms with E-state index in [-0.39, 0.29) is 0 Å². The molecule has 0 saturated carbocycles. The fraction of sp³-hybridized carbons (Fsp3) is 0.158. The Morgan fingerprint density at radius 1 is 1.16 bits per heavy atom. The molecule has 3 rings (SSSR count). The zero-order valence-corrected chi connectivity index (χ0v) is 13.9. The van der Waals surface area contributed by atoms with Gasteiger partial charge in [-0.2, -0.15) is 0 Å². The molecule has 0 fully saturated rings. The van der Waals surface area contributed by atoms with E-state index in [2.05, 4.69) is 4.98 Å². The highest BCUT2D eigenvalue weighted by molar-refractivity contribution is 6.02. The van der Waals surface area contributed by atoms with Gasteiger partial charge in [0.2, 0.25) is 0 Å². The third kappa shape index (κ3) is 3.03. The molecule has 0 atom stereocenters. The largest absolute Gasteiger partial charge is 0.366 e. The number of carbonyl (C=O) groups excluding carboxylic acids is 1. The first-order chi connectivity index (χ1) is 11.9. The second kappa shape index (κ2) is 6.47. The molecule has 1 amide bonds. The molecule has 0 spiro atoms. The molecule has 128 valence electrons. The number of rotatable bonds is 4. The van der Waals surface area contributed by atoms with Gasteiger partial charge in [-0.1, -0.05) is 12.1 Å². The van der Waals surface area contributed by atoms with E-state index in [1.165, 1.54) is 6.07 Å². The first kappa shape index (κ1) is 16.8. The predicted molar refractivity (Wildman–Crippen MR) is 91.1 cm³/mol. The number of primary amides is 1. The quantitative estimate of drug-likeness (QED) is 0.788. The summed E-state index contributed by atoms with van der Waals surface area (Å²) in [5.41, 5.74) is 9.56. The lowest BCUT2D eigenvalue weighted by atomic mass is 10.0. The Bertz CT molecular complexity index is 949. The Balaban J connectivity index is 2.15. The summed E-state index contributed by atoms with van der Waals surface area (Å²) in [5.74, 6) is -2.33. The van der Waals surface area contributed by atoms with Crippen molar-refractivity contribution in [3.05, 3.63) is 76.9 Å². The number of aromatic nitrogens is 2.